The van der Waals surface area contributed by atoms with Crippen molar-refractivity contribution >= 4 is 16.7 Å². The lowest BCUT2D eigenvalue weighted by Crippen LogP contribution is -2.40. The van der Waals surface area contributed by atoms with Crippen molar-refractivity contribution in [1.82, 2.24) is 5.32 Å². The number of nitrogens with two attached hydrogens (primary N) is 1. The zero-order valence-corrected chi connectivity index (χ0v) is 9.89. The molecule has 0 fully saturated rings. The van der Waals surface area contributed by atoms with E-state index in [0.717, 1.165) is 0 Å². The maximum Gasteiger partial charge on any atom is 0.232 e. The van der Waals surface area contributed by atoms with Crippen LogP contribution in [0.15, 0.2) is 0 Å². The van der Waals surface area contributed by atoms with Gasteiger partial charge in [0, 0.05) is 28.6 Å². The van der Waals surface area contributed by atoms with Crippen LogP contribution in [-0.4, -0.2) is 33.7 Å². The minimum Gasteiger partial charge on any atom is -0.354 e. The van der Waals surface area contributed by atoms with Crippen molar-refractivity contribution in [1.29, 1.82) is 5.26 Å². The van der Waals surface area contributed by atoms with Gasteiger partial charge in [0.2, 0.25) is 5.91 Å². The smallest absolute Gasteiger partial charge is 0.232 e. The number of nitriles is 1. The zero-order valence-electron chi connectivity index (χ0n) is 9.08. The summed E-state index contributed by atoms with van der Waals surface area (Å²) in [6, 6.07) is 1.90. The summed E-state index contributed by atoms with van der Waals surface area (Å²) in [5.74, 6) is -0.0575. The summed E-state index contributed by atoms with van der Waals surface area (Å²) >= 11 is 0. The van der Waals surface area contributed by atoms with Crippen LogP contribution in [0.1, 0.15) is 20.3 Å². The Bertz CT molecular complexity index is 278. The molecule has 6 heteroatoms. The first-order chi connectivity index (χ1) is 6.85. The van der Waals surface area contributed by atoms with Crippen molar-refractivity contribution in [2.45, 2.75) is 25.8 Å². The second-order valence-corrected chi connectivity index (χ2v) is 5.43. The SMILES string of the molecule is CC(C)(N)CS(=O)CC(=O)NCCC#N. The van der Waals surface area contributed by atoms with Crippen LogP contribution in [0.4, 0.5) is 0 Å². The molecule has 0 rings (SSSR count). The molecule has 0 bridgehead atoms. The van der Waals surface area contributed by atoms with Gasteiger partial charge in [0.15, 0.2) is 0 Å². The second-order valence-electron chi connectivity index (χ2n) is 3.98. The first-order valence-corrected chi connectivity index (χ1v) is 6.11. The predicted molar refractivity (Wildman–Crippen MR) is 59.4 cm³/mol. The van der Waals surface area contributed by atoms with Gasteiger partial charge in [-0.25, -0.2) is 0 Å². The first-order valence-electron chi connectivity index (χ1n) is 4.62. The van der Waals surface area contributed by atoms with Crippen LogP contribution in [0, 0.1) is 11.3 Å². The normalized spacial score (nSPS) is 12.9. The van der Waals surface area contributed by atoms with E-state index in [9.17, 15) is 9.00 Å². The predicted octanol–water partition coefficient (Wildman–Crippen LogP) is -0.498. The van der Waals surface area contributed by atoms with Crippen LogP contribution in [0.3, 0.4) is 0 Å². The van der Waals surface area contributed by atoms with E-state index >= 15 is 0 Å². The molecular weight excluding hydrogens is 214 g/mol. The highest BCUT2D eigenvalue weighted by atomic mass is 32.2. The third-order valence-corrected chi connectivity index (χ3v) is 3.03. The van der Waals surface area contributed by atoms with Crippen LogP contribution >= 0.6 is 0 Å². The molecule has 0 spiro atoms. The highest BCUT2D eigenvalue weighted by Crippen LogP contribution is 1.99. The molecule has 5 nitrogen and oxygen atoms in total. The van der Waals surface area contributed by atoms with Gasteiger partial charge in [-0.1, -0.05) is 0 Å². The maximum absolute atomic E-state index is 11.4. The fourth-order valence-corrected chi connectivity index (χ4v) is 2.25. The molecule has 0 heterocycles. The summed E-state index contributed by atoms with van der Waals surface area (Å²) in [7, 11) is -1.24. The standard InChI is InChI=1S/C9H17N3O2S/c1-9(2,11)7-15(14)6-8(13)12-5-3-4-10/h3,5-7,11H2,1-2H3,(H,12,13). The zero-order chi connectivity index (χ0) is 11.9. The molecular formula is C9H17N3O2S. The van der Waals surface area contributed by atoms with Crippen LogP contribution in [0.25, 0.3) is 0 Å². The van der Waals surface area contributed by atoms with E-state index in [0.29, 0.717) is 12.3 Å². The Morgan fingerprint density at radius 3 is 2.67 bits per heavy atom. The Morgan fingerprint density at radius 2 is 2.20 bits per heavy atom. The third-order valence-electron chi connectivity index (χ3n) is 1.38. The number of nitrogens with zero attached hydrogens (tertiary/aromatic N) is 1. The molecule has 3 N–H and O–H groups in total. The van der Waals surface area contributed by atoms with Crippen LogP contribution < -0.4 is 11.1 Å². The molecule has 1 unspecified atom stereocenters. The molecule has 15 heavy (non-hydrogen) atoms. The van der Waals surface area contributed by atoms with Gasteiger partial charge >= 0.3 is 0 Å². The molecule has 0 aromatic rings. The molecule has 1 atom stereocenters. The van der Waals surface area contributed by atoms with E-state index in [2.05, 4.69) is 5.32 Å². The molecule has 1 amide bonds. The minimum absolute atomic E-state index is 0.0495. The van der Waals surface area contributed by atoms with Gasteiger partial charge in [0.05, 0.1) is 12.5 Å². The molecule has 0 aromatic carbocycles. The molecule has 0 aliphatic carbocycles. The minimum atomic E-state index is -1.24. The van der Waals surface area contributed by atoms with Gasteiger partial charge in [0.1, 0.15) is 5.75 Å². The average Bonchev–Trinajstić information content (AvgIpc) is 2.00. The van der Waals surface area contributed by atoms with Crippen LogP contribution in [0.5, 0.6) is 0 Å². The summed E-state index contributed by atoms with van der Waals surface area (Å²) < 4.78 is 11.4. The van der Waals surface area contributed by atoms with E-state index in [4.69, 9.17) is 11.0 Å². The lowest BCUT2D eigenvalue weighted by atomic mass is 10.1. The Labute approximate surface area is 92.5 Å². The van der Waals surface area contributed by atoms with Crippen molar-refractivity contribution in [3.8, 4) is 6.07 Å². The number of amides is 1. The number of hydrogen-bond donors (Lipinski definition) is 2. The lowest BCUT2D eigenvalue weighted by Gasteiger charge is -2.17. The number of hydrogen-bond acceptors (Lipinski definition) is 4. The quantitative estimate of drug-likeness (QED) is 0.602. The Morgan fingerprint density at radius 1 is 1.60 bits per heavy atom. The topological polar surface area (TPSA) is 96.0 Å². The summed E-state index contributed by atoms with van der Waals surface area (Å²) in [4.78, 5) is 11.2. The van der Waals surface area contributed by atoms with E-state index in [1.165, 1.54) is 0 Å². The number of carbonyl (C=O) groups is 1. The average molecular weight is 231 g/mol. The summed E-state index contributed by atoms with van der Waals surface area (Å²) in [6.07, 6.45) is 0.265. The van der Waals surface area contributed by atoms with Gasteiger partial charge in [-0.05, 0) is 13.8 Å². The fourth-order valence-electron chi connectivity index (χ4n) is 0.921. The molecule has 0 aromatic heterocycles. The van der Waals surface area contributed by atoms with Gasteiger partial charge in [-0.15, -0.1) is 0 Å². The van der Waals surface area contributed by atoms with Gasteiger partial charge in [-0.3, -0.25) is 9.00 Å². The van der Waals surface area contributed by atoms with Crippen molar-refractivity contribution in [2.24, 2.45) is 5.73 Å². The Kier molecular flexibility index (Phi) is 6.13. The van der Waals surface area contributed by atoms with E-state index in [-0.39, 0.29) is 18.1 Å². The van der Waals surface area contributed by atoms with Gasteiger partial charge in [-0.2, -0.15) is 5.26 Å². The maximum atomic E-state index is 11.4. The molecule has 0 saturated heterocycles. The Hall–Kier alpha value is -0.930. The van der Waals surface area contributed by atoms with Crippen LogP contribution in [-0.2, 0) is 15.6 Å². The highest BCUT2D eigenvalue weighted by molar-refractivity contribution is 7.85. The first kappa shape index (κ1) is 14.1. The molecule has 0 aliphatic rings. The summed E-state index contributed by atoms with van der Waals surface area (Å²) in [5, 5.41) is 10.7. The number of rotatable bonds is 6. The number of nitrogens with one attached hydrogen (secondary N) is 1. The monoisotopic (exact) mass is 231 g/mol. The van der Waals surface area contributed by atoms with Crippen molar-refractivity contribution in [2.75, 3.05) is 18.1 Å². The number of carbonyl (C=O) groups excluding carboxylic acids is 1. The molecule has 0 saturated carbocycles. The van der Waals surface area contributed by atoms with Gasteiger partial charge < -0.3 is 11.1 Å². The van der Waals surface area contributed by atoms with Gasteiger partial charge in [0.25, 0.3) is 0 Å². The molecule has 0 radical (unpaired) electrons. The summed E-state index contributed by atoms with van der Waals surface area (Å²) in [6.45, 7) is 3.83. The van der Waals surface area contributed by atoms with Crippen molar-refractivity contribution in [3.05, 3.63) is 0 Å². The molecule has 0 aliphatic heterocycles. The van der Waals surface area contributed by atoms with Crippen molar-refractivity contribution < 1.29 is 9.00 Å². The highest BCUT2D eigenvalue weighted by Gasteiger charge is 2.17. The van der Waals surface area contributed by atoms with E-state index in [1.807, 2.05) is 6.07 Å². The van der Waals surface area contributed by atoms with E-state index in [1.54, 1.807) is 13.8 Å². The molecule has 86 valence electrons. The second kappa shape index (κ2) is 6.53. The Balaban J connectivity index is 3.78. The fraction of sp³-hybridized carbons (Fsp3) is 0.778. The third kappa shape index (κ3) is 9.38. The lowest BCUT2D eigenvalue weighted by molar-refractivity contribution is -0.118. The van der Waals surface area contributed by atoms with E-state index < -0.39 is 16.3 Å². The van der Waals surface area contributed by atoms with Crippen LogP contribution in [0.2, 0.25) is 0 Å². The summed E-state index contributed by atoms with van der Waals surface area (Å²) in [5.41, 5.74) is 5.14. The van der Waals surface area contributed by atoms with Crippen molar-refractivity contribution in [3.63, 3.8) is 0 Å². The largest absolute Gasteiger partial charge is 0.354 e.